The van der Waals surface area contributed by atoms with Crippen LogP contribution in [0.5, 0.6) is 0 Å². The van der Waals surface area contributed by atoms with Crippen molar-refractivity contribution >= 4 is 22.6 Å². The van der Waals surface area contributed by atoms with Gasteiger partial charge >= 0.3 is 6.09 Å². The summed E-state index contributed by atoms with van der Waals surface area (Å²) in [6.45, 7) is 3.86. The molecule has 4 nitrogen and oxygen atoms in total. The van der Waals surface area contributed by atoms with E-state index in [4.69, 9.17) is 0 Å². The Morgan fingerprint density at radius 3 is 2.59 bits per heavy atom. The van der Waals surface area contributed by atoms with Crippen LogP contribution in [-0.4, -0.2) is 33.5 Å². The molecule has 6 heteroatoms. The van der Waals surface area contributed by atoms with E-state index >= 15 is 0 Å². The Kier molecular flexibility index (Phi) is 5.56. The van der Waals surface area contributed by atoms with Gasteiger partial charge in [0.15, 0.2) is 0 Å². The van der Waals surface area contributed by atoms with Crippen molar-refractivity contribution in [2.24, 2.45) is 0 Å². The Morgan fingerprint density at radius 1 is 1.41 bits per heavy atom. The molecule has 1 heterocycles. The second-order valence-electron chi connectivity index (χ2n) is 5.67. The number of carboxylic acid groups (broad SMARTS) is 1. The van der Waals surface area contributed by atoms with Gasteiger partial charge in [0.1, 0.15) is 5.82 Å². The molecule has 1 amide bonds. The van der Waals surface area contributed by atoms with Gasteiger partial charge in [0.2, 0.25) is 0 Å². The molecule has 1 aliphatic heterocycles. The molecular formula is C16H22FNO3S. The molecule has 122 valence electrons. The zero-order chi connectivity index (χ0) is 16.3. The highest BCUT2D eigenvalue weighted by molar-refractivity contribution is 7.85. The molecule has 2 rings (SSSR count). The number of hydrogen-bond acceptors (Lipinski definition) is 2. The average molecular weight is 327 g/mol. The van der Waals surface area contributed by atoms with E-state index in [1.54, 1.807) is 19.1 Å². The lowest BCUT2D eigenvalue weighted by molar-refractivity contribution is 0.201. The Bertz CT molecular complexity index is 581. The van der Waals surface area contributed by atoms with Gasteiger partial charge in [0.25, 0.3) is 0 Å². The minimum absolute atomic E-state index is 0.0786. The maximum atomic E-state index is 14.7. The SMILES string of the molecule is CCCN(C(=O)O)c1ccc(C2CCS(=O)CC2)c(F)c1C. The van der Waals surface area contributed by atoms with E-state index in [0.717, 1.165) is 12.8 Å². The number of benzene rings is 1. The van der Waals surface area contributed by atoms with E-state index in [-0.39, 0.29) is 11.7 Å². The molecule has 1 saturated heterocycles. The average Bonchev–Trinajstić information content (AvgIpc) is 2.49. The van der Waals surface area contributed by atoms with E-state index in [0.29, 0.717) is 41.3 Å². The Morgan fingerprint density at radius 2 is 2.05 bits per heavy atom. The normalized spacial score (nSPS) is 21.6. The van der Waals surface area contributed by atoms with Crippen molar-refractivity contribution in [1.29, 1.82) is 0 Å². The standard InChI is InChI=1S/C16H22FNO3S/c1-3-8-18(16(19)20)14-5-4-13(15(17)11(14)2)12-6-9-22(21)10-7-12/h4-5,12H,3,6-10H2,1-2H3,(H,19,20). The van der Waals surface area contributed by atoms with Gasteiger partial charge in [-0.05, 0) is 43.7 Å². The first-order valence-electron chi connectivity index (χ1n) is 7.60. The van der Waals surface area contributed by atoms with Crippen LogP contribution in [0.4, 0.5) is 14.9 Å². The third-order valence-electron chi connectivity index (χ3n) is 4.18. The quantitative estimate of drug-likeness (QED) is 0.918. The van der Waals surface area contributed by atoms with E-state index < -0.39 is 16.9 Å². The molecule has 0 spiro atoms. The van der Waals surface area contributed by atoms with E-state index in [1.807, 2.05) is 6.92 Å². The van der Waals surface area contributed by atoms with Gasteiger partial charge in [-0.3, -0.25) is 9.11 Å². The first-order chi connectivity index (χ1) is 10.5. The second kappa shape index (κ2) is 7.22. The maximum Gasteiger partial charge on any atom is 0.411 e. The van der Waals surface area contributed by atoms with E-state index in [2.05, 4.69) is 0 Å². The minimum Gasteiger partial charge on any atom is -0.465 e. The fraction of sp³-hybridized carbons (Fsp3) is 0.562. The van der Waals surface area contributed by atoms with Crippen LogP contribution >= 0.6 is 0 Å². The highest BCUT2D eigenvalue weighted by Crippen LogP contribution is 2.34. The molecule has 0 atom stereocenters. The summed E-state index contributed by atoms with van der Waals surface area (Å²) in [6, 6.07) is 3.39. The highest BCUT2D eigenvalue weighted by Gasteiger charge is 2.25. The number of rotatable bonds is 4. The molecule has 0 bridgehead atoms. The topological polar surface area (TPSA) is 57.6 Å². The van der Waals surface area contributed by atoms with Crippen molar-refractivity contribution in [3.05, 3.63) is 29.1 Å². The smallest absolute Gasteiger partial charge is 0.411 e. The van der Waals surface area contributed by atoms with Crippen LogP contribution in [0, 0.1) is 12.7 Å². The van der Waals surface area contributed by atoms with E-state index in [1.165, 1.54) is 4.90 Å². The van der Waals surface area contributed by atoms with Gasteiger partial charge in [0, 0.05) is 34.4 Å². The Labute approximate surface area is 132 Å². The van der Waals surface area contributed by atoms with Gasteiger partial charge in [-0.2, -0.15) is 0 Å². The molecule has 0 unspecified atom stereocenters. The molecular weight excluding hydrogens is 305 g/mol. The largest absolute Gasteiger partial charge is 0.465 e. The summed E-state index contributed by atoms with van der Waals surface area (Å²) < 4.78 is 26.1. The van der Waals surface area contributed by atoms with Crippen LogP contribution < -0.4 is 4.90 Å². The van der Waals surface area contributed by atoms with Crippen molar-refractivity contribution < 1.29 is 18.5 Å². The van der Waals surface area contributed by atoms with Gasteiger partial charge in [-0.25, -0.2) is 9.18 Å². The van der Waals surface area contributed by atoms with Crippen LogP contribution in [0.15, 0.2) is 12.1 Å². The summed E-state index contributed by atoms with van der Waals surface area (Å²) >= 11 is 0. The molecule has 22 heavy (non-hydrogen) atoms. The Balaban J connectivity index is 2.32. The predicted octanol–water partition coefficient (Wildman–Crippen LogP) is 3.65. The third kappa shape index (κ3) is 3.48. The fourth-order valence-electron chi connectivity index (χ4n) is 2.95. The third-order valence-corrected chi connectivity index (χ3v) is 5.57. The lowest BCUT2D eigenvalue weighted by Gasteiger charge is -2.26. The van der Waals surface area contributed by atoms with Crippen molar-refractivity contribution in [3.63, 3.8) is 0 Å². The van der Waals surface area contributed by atoms with Crippen LogP contribution in [0.25, 0.3) is 0 Å². The first-order valence-corrected chi connectivity index (χ1v) is 9.09. The van der Waals surface area contributed by atoms with Gasteiger partial charge in [0.05, 0.1) is 5.69 Å². The van der Waals surface area contributed by atoms with Gasteiger partial charge < -0.3 is 5.11 Å². The summed E-state index contributed by atoms with van der Waals surface area (Å²) in [6.07, 6.45) is 1.05. The molecule has 1 fully saturated rings. The fourth-order valence-corrected chi connectivity index (χ4v) is 4.25. The first kappa shape index (κ1) is 16.9. The Hall–Kier alpha value is -1.43. The zero-order valence-electron chi connectivity index (χ0n) is 13.0. The summed E-state index contributed by atoms with van der Waals surface area (Å²) in [5.74, 6) is 0.983. The van der Waals surface area contributed by atoms with Crippen molar-refractivity contribution in [2.75, 3.05) is 23.0 Å². The van der Waals surface area contributed by atoms with Gasteiger partial charge in [-0.15, -0.1) is 0 Å². The molecule has 1 aromatic carbocycles. The zero-order valence-corrected chi connectivity index (χ0v) is 13.8. The number of halogens is 1. The highest BCUT2D eigenvalue weighted by atomic mass is 32.2. The lowest BCUT2D eigenvalue weighted by atomic mass is 9.91. The molecule has 1 aromatic rings. The van der Waals surface area contributed by atoms with Gasteiger partial charge in [-0.1, -0.05) is 13.0 Å². The predicted molar refractivity (Wildman–Crippen MR) is 86.7 cm³/mol. The van der Waals surface area contributed by atoms with Crippen LogP contribution in [0.2, 0.25) is 0 Å². The molecule has 1 aliphatic rings. The minimum atomic E-state index is -1.06. The van der Waals surface area contributed by atoms with Crippen molar-refractivity contribution in [1.82, 2.24) is 0 Å². The molecule has 0 aromatic heterocycles. The summed E-state index contributed by atoms with van der Waals surface area (Å²) in [5, 5.41) is 9.29. The number of nitrogens with zero attached hydrogens (tertiary/aromatic N) is 1. The second-order valence-corrected chi connectivity index (χ2v) is 7.37. The van der Waals surface area contributed by atoms with Crippen LogP contribution in [0.3, 0.4) is 0 Å². The van der Waals surface area contributed by atoms with Crippen LogP contribution in [-0.2, 0) is 10.8 Å². The monoisotopic (exact) mass is 327 g/mol. The number of hydrogen-bond donors (Lipinski definition) is 1. The summed E-state index contributed by atoms with van der Waals surface area (Å²) in [7, 11) is -0.776. The molecule has 1 N–H and O–H groups in total. The summed E-state index contributed by atoms with van der Waals surface area (Å²) in [4.78, 5) is 12.5. The number of carbonyl (C=O) groups is 1. The van der Waals surface area contributed by atoms with E-state index in [9.17, 15) is 18.5 Å². The van der Waals surface area contributed by atoms with Crippen molar-refractivity contribution in [3.8, 4) is 0 Å². The molecule has 0 radical (unpaired) electrons. The van der Waals surface area contributed by atoms with Crippen molar-refractivity contribution in [2.45, 2.75) is 39.0 Å². The lowest BCUT2D eigenvalue weighted by Crippen LogP contribution is -2.31. The molecule has 0 aliphatic carbocycles. The number of anilines is 1. The van der Waals surface area contributed by atoms with Crippen LogP contribution in [0.1, 0.15) is 43.2 Å². The maximum absolute atomic E-state index is 14.7. The number of amides is 1. The molecule has 0 saturated carbocycles. The summed E-state index contributed by atoms with van der Waals surface area (Å²) in [5.41, 5.74) is 1.41.